The molecule has 5 unspecified atom stereocenters. The number of nitrogens with two attached hydrogens (primary N) is 1. The normalized spacial score (nSPS) is 22.2. The molecule has 55 heavy (non-hydrogen) atoms. The average molecular weight is 744 g/mol. The Labute approximate surface area is 323 Å². The molecule has 1 fully saturated rings. The highest BCUT2D eigenvalue weighted by atomic mass is 16.2. The highest BCUT2D eigenvalue weighted by Crippen LogP contribution is 2.35. The lowest BCUT2D eigenvalue weighted by Crippen LogP contribution is -2.47. The van der Waals surface area contributed by atoms with Gasteiger partial charge in [-0.25, -0.2) is 5.26 Å². The predicted molar refractivity (Wildman–Crippen MR) is 210 cm³/mol. The van der Waals surface area contributed by atoms with Gasteiger partial charge in [-0.3, -0.25) is 24.0 Å². The van der Waals surface area contributed by atoms with Gasteiger partial charge < -0.3 is 31.9 Å². The maximum Gasteiger partial charge on any atom is 0.282 e. The smallest absolute Gasteiger partial charge is 0.282 e. The Morgan fingerprint density at radius 2 is 1.58 bits per heavy atom. The Morgan fingerprint density at radius 1 is 0.909 bits per heavy atom. The van der Waals surface area contributed by atoms with E-state index in [9.17, 15) is 29.2 Å². The van der Waals surface area contributed by atoms with Crippen LogP contribution in [0.3, 0.4) is 0 Å². The van der Waals surface area contributed by atoms with Gasteiger partial charge >= 0.3 is 0 Å². The summed E-state index contributed by atoms with van der Waals surface area (Å²) in [4.78, 5) is 62.9. The van der Waals surface area contributed by atoms with Crippen molar-refractivity contribution in [2.75, 3.05) is 13.1 Å². The number of rotatable bonds is 9. The maximum absolute atomic E-state index is 13.3. The van der Waals surface area contributed by atoms with Crippen LogP contribution in [0.2, 0.25) is 12.1 Å². The minimum absolute atomic E-state index is 0.0500. The summed E-state index contributed by atoms with van der Waals surface area (Å²) in [7, 11) is 0. The van der Waals surface area contributed by atoms with Crippen molar-refractivity contribution >= 4 is 36.8 Å². The van der Waals surface area contributed by atoms with E-state index < -0.39 is 18.4 Å². The molecule has 1 saturated heterocycles. The van der Waals surface area contributed by atoms with E-state index in [1.54, 1.807) is 17.0 Å². The zero-order chi connectivity index (χ0) is 38.9. The quantitative estimate of drug-likeness (QED) is 0.164. The van der Waals surface area contributed by atoms with Gasteiger partial charge in [-0.2, -0.15) is 0 Å². The minimum Gasteiger partial charge on any atom is -0.352 e. The molecule has 0 bridgehead atoms. The van der Waals surface area contributed by atoms with Crippen molar-refractivity contribution in [3.63, 3.8) is 0 Å². The largest absolute Gasteiger partial charge is 0.352 e. The Bertz CT molecular complexity index is 1950. The van der Waals surface area contributed by atoms with Gasteiger partial charge in [0.05, 0.1) is 25.2 Å². The molecule has 0 spiro atoms. The van der Waals surface area contributed by atoms with Gasteiger partial charge in [0.25, 0.3) is 12.6 Å². The summed E-state index contributed by atoms with van der Waals surface area (Å²) in [5.41, 5.74) is 12.8. The summed E-state index contributed by atoms with van der Waals surface area (Å²) in [6.45, 7) is 1.51. The van der Waals surface area contributed by atoms with Crippen LogP contribution in [0.5, 0.6) is 0 Å². The molecule has 12 nitrogen and oxygen atoms in total. The lowest BCUT2D eigenvalue weighted by atomic mass is 9.43. The SMILES string of the molecule is CC1Cc2ccc(C(=O)NC3CB(C#N)C(C(=O)NC4CCCc5ccccc54)C3)cc2CN1C(=O)CNC(=O)CN.O=CNC1CCCc2ccccc21. The lowest BCUT2D eigenvalue weighted by molar-refractivity contribution is -0.135. The van der Waals surface area contributed by atoms with Gasteiger partial charge in [0.15, 0.2) is 0 Å². The molecule has 286 valence electrons. The van der Waals surface area contributed by atoms with Gasteiger partial charge in [0.1, 0.15) is 0 Å². The molecule has 5 atom stereocenters. The monoisotopic (exact) mass is 743 g/mol. The number of aryl methyl sites for hydroxylation is 2. The number of benzene rings is 3. The molecular weight excluding hydrogens is 693 g/mol. The van der Waals surface area contributed by atoms with E-state index in [-0.39, 0.29) is 55.0 Å². The molecule has 2 heterocycles. The molecule has 6 N–H and O–H groups in total. The van der Waals surface area contributed by atoms with Crippen LogP contribution in [0.1, 0.15) is 94.9 Å². The van der Waals surface area contributed by atoms with Crippen molar-refractivity contribution in [1.29, 1.82) is 5.26 Å². The van der Waals surface area contributed by atoms with Crippen LogP contribution in [0.25, 0.3) is 0 Å². The first kappa shape index (κ1) is 39.2. The standard InChI is InChI=1S/C31H37BN6O4.C11H13NO/c1-19-11-21-9-10-22(12-23(21)17-38(19)29(40)16-35-28(39)15-33)30(41)36-24-13-26(32(14-24)18-34)31(42)37-27-8-4-6-20-5-2-3-7-25(20)27;13-8-12-11-7-3-5-9-4-1-2-6-10(9)11/h2-3,5,7,9-10,12,19,24,26-27H,4,6,8,11,13-17,33H2,1H3,(H,35,39)(H,36,41)(H,37,42);1-2,4,6,8,11H,3,5,7H2,(H,12,13). The number of nitrogens with one attached hydrogen (secondary N) is 4. The predicted octanol–water partition coefficient (Wildman–Crippen LogP) is 3.47. The molecule has 2 aliphatic heterocycles. The second-order valence-electron chi connectivity index (χ2n) is 15.1. The van der Waals surface area contributed by atoms with Crippen molar-refractivity contribution in [3.8, 4) is 5.97 Å². The van der Waals surface area contributed by atoms with Crippen LogP contribution in [0.4, 0.5) is 0 Å². The third-order valence-electron chi connectivity index (χ3n) is 11.5. The Morgan fingerprint density at radius 3 is 2.25 bits per heavy atom. The molecule has 0 aromatic heterocycles. The van der Waals surface area contributed by atoms with Gasteiger partial charge in [0.2, 0.25) is 24.1 Å². The first-order valence-corrected chi connectivity index (χ1v) is 19.4. The van der Waals surface area contributed by atoms with Gasteiger partial charge in [0, 0.05) is 36.0 Å². The van der Waals surface area contributed by atoms with Crippen LogP contribution >= 0.6 is 0 Å². The second kappa shape index (κ2) is 18.2. The molecule has 2 aliphatic carbocycles. The fourth-order valence-corrected chi connectivity index (χ4v) is 8.61. The maximum atomic E-state index is 13.3. The van der Waals surface area contributed by atoms with E-state index in [1.165, 1.54) is 23.1 Å². The zero-order valence-electron chi connectivity index (χ0n) is 31.4. The number of fused-ring (bicyclic) bond motifs is 3. The number of carbonyl (C=O) groups excluding carboxylic acids is 5. The van der Waals surface area contributed by atoms with E-state index in [2.05, 4.69) is 57.6 Å². The number of carbonyl (C=O) groups is 5. The van der Waals surface area contributed by atoms with Crippen LogP contribution in [0.15, 0.2) is 66.7 Å². The molecule has 5 amide bonds. The first-order valence-electron chi connectivity index (χ1n) is 19.4. The Balaban J connectivity index is 0.000000332. The summed E-state index contributed by atoms with van der Waals surface area (Å²) in [5.74, 6) is 0.806. The lowest BCUT2D eigenvalue weighted by Gasteiger charge is -2.35. The molecule has 3 aromatic rings. The molecular formula is C42H50BN7O5. The van der Waals surface area contributed by atoms with Crippen molar-refractivity contribution < 1.29 is 24.0 Å². The van der Waals surface area contributed by atoms with Gasteiger partial charge in [-0.1, -0.05) is 54.6 Å². The van der Waals surface area contributed by atoms with Crippen molar-refractivity contribution in [2.24, 2.45) is 5.73 Å². The second-order valence-corrected chi connectivity index (χ2v) is 15.1. The summed E-state index contributed by atoms with van der Waals surface area (Å²) in [6, 6.07) is 21.9. The molecule has 7 rings (SSSR count). The highest BCUT2D eigenvalue weighted by molar-refractivity contribution is 6.72. The van der Waals surface area contributed by atoms with E-state index in [1.807, 2.05) is 31.2 Å². The van der Waals surface area contributed by atoms with E-state index in [0.29, 0.717) is 31.3 Å². The Kier molecular flexibility index (Phi) is 13.0. The molecule has 0 radical (unpaired) electrons. The first-order chi connectivity index (χ1) is 26.7. The number of amides is 5. The molecule has 3 aromatic carbocycles. The van der Waals surface area contributed by atoms with Crippen LogP contribution in [0, 0.1) is 11.2 Å². The third-order valence-corrected chi connectivity index (χ3v) is 11.5. The number of nitrogens with zero attached hydrogens (tertiary/aromatic N) is 2. The molecule has 13 heteroatoms. The van der Waals surface area contributed by atoms with Crippen LogP contribution in [-0.2, 0) is 45.0 Å². The van der Waals surface area contributed by atoms with Crippen molar-refractivity contribution in [1.82, 2.24) is 26.2 Å². The van der Waals surface area contributed by atoms with Gasteiger partial charge in [-0.15, -0.1) is 0 Å². The van der Waals surface area contributed by atoms with E-state index >= 15 is 0 Å². The fourth-order valence-electron chi connectivity index (χ4n) is 8.61. The van der Waals surface area contributed by atoms with Crippen molar-refractivity contribution in [2.45, 2.75) is 101 Å². The molecule has 4 aliphatic rings. The third kappa shape index (κ3) is 9.43. The number of nitriles is 1. The summed E-state index contributed by atoms with van der Waals surface area (Å²) >= 11 is 0. The summed E-state index contributed by atoms with van der Waals surface area (Å²) < 4.78 is 0. The zero-order valence-corrected chi connectivity index (χ0v) is 31.4. The fraction of sp³-hybridized carbons (Fsp3) is 0.429. The van der Waals surface area contributed by atoms with E-state index in [0.717, 1.165) is 55.2 Å². The highest BCUT2D eigenvalue weighted by Gasteiger charge is 2.43. The Hall–Kier alpha value is -5.48. The van der Waals surface area contributed by atoms with Crippen LogP contribution < -0.4 is 27.0 Å². The van der Waals surface area contributed by atoms with Gasteiger partial charge in [-0.05, 0) is 110 Å². The molecule has 0 saturated carbocycles. The number of hydrogen-bond acceptors (Lipinski definition) is 7. The number of hydrogen-bond donors (Lipinski definition) is 5. The van der Waals surface area contributed by atoms with Crippen LogP contribution in [-0.4, -0.2) is 66.8 Å². The van der Waals surface area contributed by atoms with Crippen molar-refractivity contribution in [3.05, 3.63) is 106 Å². The topological polar surface area (TPSA) is 187 Å². The minimum atomic E-state index is -0.487. The van der Waals surface area contributed by atoms with E-state index in [4.69, 9.17) is 5.73 Å². The average Bonchev–Trinajstić information content (AvgIpc) is 3.63. The summed E-state index contributed by atoms with van der Waals surface area (Å²) in [5, 5.41) is 21.4. The summed E-state index contributed by atoms with van der Waals surface area (Å²) in [6.07, 6.45) is 8.52.